The molecule has 1 aromatic carbocycles. The lowest BCUT2D eigenvalue weighted by atomic mass is 10.1. The van der Waals surface area contributed by atoms with Crippen LogP contribution in [0, 0.1) is 0 Å². The van der Waals surface area contributed by atoms with E-state index in [-0.39, 0.29) is 13.0 Å². The molecule has 0 heterocycles. The fourth-order valence-electron chi connectivity index (χ4n) is 1.74. The van der Waals surface area contributed by atoms with Crippen LogP contribution in [0.2, 0.25) is 0 Å². The first-order chi connectivity index (χ1) is 10.2. The zero-order chi connectivity index (χ0) is 16.8. The van der Waals surface area contributed by atoms with Gasteiger partial charge in [0.2, 0.25) is 5.72 Å². The summed E-state index contributed by atoms with van der Waals surface area (Å²) in [7, 11) is 0. The van der Waals surface area contributed by atoms with Crippen molar-refractivity contribution >= 4 is 12.1 Å². The first kappa shape index (κ1) is 18.0. The average molecular weight is 309 g/mol. The smallest absolute Gasteiger partial charge is 0.410 e. The Hall–Kier alpha value is -2.08. The van der Waals surface area contributed by atoms with Gasteiger partial charge in [0.25, 0.3) is 0 Å². The van der Waals surface area contributed by atoms with Gasteiger partial charge in [0.15, 0.2) is 0 Å². The monoisotopic (exact) mass is 309 g/mol. The highest BCUT2D eigenvalue weighted by molar-refractivity contribution is 5.82. The van der Waals surface area contributed by atoms with E-state index in [9.17, 15) is 14.7 Å². The molecule has 0 aromatic heterocycles. The molecule has 6 nitrogen and oxygen atoms in total. The van der Waals surface area contributed by atoms with Crippen molar-refractivity contribution in [2.45, 2.75) is 52.0 Å². The van der Waals surface area contributed by atoms with Crippen LogP contribution in [-0.4, -0.2) is 28.5 Å². The predicted molar refractivity (Wildman–Crippen MR) is 81.3 cm³/mol. The molecular formula is C16H23NO5. The number of aliphatic carboxylic acids is 1. The van der Waals surface area contributed by atoms with E-state index in [4.69, 9.17) is 9.47 Å². The Labute approximate surface area is 130 Å². The van der Waals surface area contributed by atoms with Crippen LogP contribution in [-0.2, 0) is 20.9 Å². The number of carbonyl (C=O) groups is 2. The minimum absolute atomic E-state index is 0.0639. The van der Waals surface area contributed by atoms with Crippen LogP contribution in [0.1, 0.15) is 39.7 Å². The molecule has 1 unspecified atom stereocenters. The number of amides is 1. The van der Waals surface area contributed by atoms with Crippen molar-refractivity contribution < 1.29 is 24.2 Å². The number of carbonyl (C=O) groups excluding carboxylic acids is 1. The van der Waals surface area contributed by atoms with Crippen molar-refractivity contribution in [3.63, 3.8) is 0 Å². The number of nitrogens with one attached hydrogen (secondary N) is 1. The first-order valence-corrected chi connectivity index (χ1v) is 7.11. The number of ether oxygens (including phenoxy) is 2. The molecule has 1 rings (SSSR count). The number of rotatable bonds is 6. The second-order valence-electron chi connectivity index (χ2n) is 5.89. The molecule has 1 atom stereocenters. The maximum absolute atomic E-state index is 11.9. The molecule has 0 aliphatic rings. The predicted octanol–water partition coefficient (Wildman–Crippen LogP) is 2.92. The van der Waals surface area contributed by atoms with Gasteiger partial charge in [-0.1, -0.05) is 37.3 Å². The van der Waals surface area contributed by atoms with Crippen molar-refractivity contribution in [3.8, 4) is 0 Å². The Morgan fingerprint density at radius 3 is 2.23 bits per heavy atom. The Morgan fingerprint density at radius 1 is 1.18 bits per heavy atom. The van der Waals surface area contributed by atoms with Gasteiger partial charge >= 0.3 is 12.1 Å². The molecule has 0 fully saturated rings. The van der Waals surface area contributed by atoms with Crippen molar-refractivity contribution in [1.82, 2.24) is 5.32 Å². The topological polar surface area (TPSA) is 84.9 Å². The van der Waals surface area contributed by atoms with Crippen molar-refractivity contribution in [1.29, 1.82) is 0 Å². The van der Waals surface area contributed by atoms with Gasteiger partial charge in [0, 0.05) is 6.42 Å². The molecule has 2 N–H and O–H groups in total. The van der Waals surface area contributed by atoms with Gasteiger partial charge in [-0.3, -0.25) is 5.32 Å². The first-order valence-electron chi connectivity index (χ1n) is 7.11. The lowest BCUT2D eigenvalue weighted by Gasteiger charge is -2.30. The normalized spacial score (nSPS) is 14.0. The van der Waals surface area contributed by atoms with Crippen LogP contribution >= 0.6 is 0 Å². The van der Waals surface area contributed by atoms with Gasteiger partial charge < -0.3 is 14.6 Å². The summed E-state index contributed by atoms with van der Waals surface area (Å²) in [5.41, 5.74) is -1.73. The molecule has 0 bridgehead atoms. The lowest BCUT2D eigenvalue weighted by Crippen LogP contribution is -2.57. The van der Waals surface area contributed by atoms with E-state index in [2.05, 4.69) is 5.32 Å². The highest BCUT2D eigenvalue weighted by Gasteiger charge is 2.41. The molecule has 122 valence electrons. The Morgan fingerprint density at radius 2 is 1.77 bits per heavy atom. The largest absolute Gasteiger partial charge is 0.478 e. The minimum Gasteiger partial charge on any atom is -0.478 e. The van der Waals surface area contributed by atoms with Crippen LogP contribution in [0.5, 0.6) is 0 Å². The van der Waals surface area contributed by atoms with Crippen LogP contribution in [0.25, 0.3) is 0 Å². The standard InChI is InChI=1S/C16H23NO5/c1-5-16(13(18)19,17-14(20)22-15(2,3)4)21-11-12-9-7-6-8-10-12/h6-10H,5,11H2,1-4H3,(H,17,20)(H,18,19). The third-order valence-corrected chi connectivity index (χ3v) is 2.87. The second-order valence-corrected chi connectivity index (χ2v) is 5.89. The molecule has 22 heavy (non-hydrogen) atoms. The molecule has 0 saturated carbocycles. The molecule has 0 radical (unpaired) electrons. The van der Waals surface area contributed by atoms with Crippen LogP contribution < -0.4 is 5.32 Å². The summed E-state index contributed by atoms with van der Waals surface area (Å²) in [5.74, 6) is -1.27. The third kappa shape index (κ3) is 5.37. The zero-order valence-electron chi connectivity index (χ0n) is 13.4. The van der Waals surface area contributed by atoms with Crippen molar-refractivity contribution in [2.75, 3.05) is 0 Å². The third-order valence-electron chi connectivity index (χ3n) is 2.87. The maximum Gasteiger partial charge on any atom is 0.410 e. The number of alkyl carbamates (subject to hydrolysis) is 1. The lowest BCUT2D eigenvalue weighted by molar-refractivity contribution is -0.173. The van der Waals surface area contributed by atoms with Crippen molar-refractivity contribution in [2.24, 2.45) is 0 Å². The molecule has 0 aliphatic heterocycles. The Bertz CT molecular complexity index is 509. The van der Waals surface area contributed by atoms with E-state index in [1.807, 2.05) is 30.3 Å². The van der Waals surface area contributed by atoms with E-state index < -0.39 is 23.4 Å². The molecule has 1 amide bonds. The van der Waals surface area contributed by atoms with E-state index in [0.29, 0.717) is 0 Å². The van der Waals surface area contributed by atoms with E-state index >= 15 is 0 Å². The van der Waals surface area contributed by atoms with Gasteiger partial charge in [0.05, 0.1) is 6.61 Å². The van der Waals surface area contributed by atoms with Crippen molar-refractivity contribution in [3.05, 3.63) is 35.9 Å². The number of hydrogen-bond acceptors (Lipinski definition) is 4. The van der Waals surface area contributed by atoms with Crippen LogP contribution in [0.15, 0.2) is 30.3 Å². The summed E-state index contributed by atoms with van der Waals surface area (Å²) in [6.45, 7) is 6.79. The van der Waals surface area contributed by atoms with Gasteiger partial charge in [-0.15, -0.1) is 0 Å². The highest BCUT2D eigenvalue weighted by Crippen LogP contribution is 2.18. The molecule has 6 heteroatoms. The maximum atomic E-state index is 11.9. The summed E-state index contributed by atoms with van der Waals surface area (Å²) in [5, 5.41) is 11.8. The highest BCUT2D eigenvalue weighted by atomic mass is 16.6. The molecule has 0 aliphatic carbocycles. The molecule has 1 aromatic rings. The van der Waals surface area contributed by atoms with Gasteiger partial charge in [-0.2, -0.15) is 0 Å². The summed E-state index contributed by atoms with van der Waals surface area (Å²) in [6.07, 6.45) is -0.765. The summed E-state index contributed by atoms with van der Waals surface area (Å²) in [6, 6.07) is 9.14. The van der Waals surface area contributed by atoms with Gasteiger partial charge in [-0.05, 0) is 26.3 Å². The van der Waals surface area contributed by atoms with Gasteiger partial charge in [0.1, 0.15) is 5.60 Å². The average Bonchev–Trinajstić information content (AvgIpc) is 2.42. The number of carboxylic acids is 1. The summed E-state index contributed by atoms with van der Waals surface area (Å²) >= 11 is 0. The number of carboxylic acid groups (broad SMARTS) is 1. The van der Waals surface area contributed by atoms with E-state index in [0.717, 1.165) is 5.56 Å². The van der Waals surface area contributed by atoms with Crippen LogP contribution in [0.4, 0.5) is 4.79 Å². The zero-order valence-corrected chi connectivity index (χ0v) is 13.4. The van der Waals surface area contributed by atoms with E-state index in [1.54, 1.807) is 27.7 Å². The van der Waals surface area contributed by atoms with E-state index in [1.165, 1.54) is 0 Å². The number of benzene rings is 1. The molecule has 0 spiro atoms. The number of hydrogen-bond donors (Lipinski definition) is 2. The Kier molecular flexibility index (Phi) is 5.93. The van der Waals surface area contributed by atoms with Gasteiger partial charge in [-0.25, -0.2) is 9.59 Å². The molecular weight excluding hydrogens is 286 g/mol. The fraction of sp³-hybridized carbons (Fsp3) is 0.500. The Balaban J connectivity index is 2.81. The molecule has 0 saturated heterocycles. The summed E-state index contributed by atoms with van der Waals surface area (Å²) < 4.78 is 10.6. The summed E-state index contributed by atoms with van der Waals surface area (Å²) in [4.78, 5) is 23.5. The minimum atomic E-state index is -1.82. The second kappa shape index (κ2) is 7.26. The fourth-order valence-corrected chi connectivity index (χ4v) is 1.74. The SMILES string of the molecule is CCC(NC(=O)OC(C)(C)C)(OCc1ccccc1)C(=O)O. The quantitative estimate of drug-likeness (QED) is 0.789. The van der Waals surface area contributed by atoms with Crippen LogP contribution in [0.3, 0.4) is 0 Å².